The first-order valence-corrected chi connectivity index (χ1v) is 11.6. The molecule has 1 aliphatic carbocycles. The lowest BCUT2D eigenvalue weighted by Gasteiger charge is -2.26. The summed E-state index contributed by atoms with van der Waals surface area (Å²) >= 11 is 0. The molecule has 0 radical (unpaired) electrons. The molecule has 180 valence electrons. The fraction of sp³-hybridized carbons (Fsp3) is 0.739. The van der Waals surface area contributed by atoms with Gasteiger partial charge in [0.2, 0.25) is 6.29 Å². The number of carbonyl (C=O) groups is 3. The number of aliphatic carboxylic acids is 1. The largest absolute Gasteiger partial charge is 0.481 e. The summed E-state index contributed by atoms with van der Waals surface area (Å²) in [6.07, 6.45) is 8.04. The average Bonchev–Trinajstić information content (AvgIpc) is 3.19. The van der Waals surface area contributed by atoms with Crippen LogP contribution >= 0.6 is 0 Å². The van der Waals surface area contributed by atoms with Crippen molar-refractivity contribution >= 4 is 18.0 Å². The molecule has 9 nitrogen and oxygen atoms in total. The lowest BCUT2D eigenvalue weighted by Crippen LogP contribution is -2.32. The van der Waals surface area contributed by atoms with E-state index < -0.39 is 30.2 Å². The van der Waals surface area contributed by atoms with Gasteiger partial charge in [-0.3, -0.25) is 9.59 Å². The average molecular weight is 452 g/mol. The molecule has 1 saturated carbocycles. The Kier molecular flexibility index (Phi) is 9.99. The second kappa shape index (κ2) is 12.5. The highest BCUT2D eigenvalue weighted by atomic mass is 16.7. The van der Waals surface area contributed by atoms with Crippen molar-refractivity contribution in [3.05, 3.63) is 18.2 Å². The van der Waals surface area contributed by atoms with Gasteiger partial charge in [0.15, 0.2) is 0 Å². The molecular formula is C23H37N3O6. The Bertz CT molecular complexity index is 755. The number of aromatic nitrogens is 2. The predicted octanol–water partition coefficient (Wildman–Crippen LogP) is 3.93. The Balaban J connectivity index is 1.72. The van der Waals surface area contributed by atoms with Gasteiger partial charge in [0.05, 0.1) is 23.9 Å². The second-order valence-electron chi connectivity index (χ2n) is 9.10. The molecule has 2 unspecified atom stereocenters. The lowest BCUT2D eigenvalue weighted by atomic mass is 9.87. The van der Waals surface area contributed by atoms with E-state index in [9.17, 15) is 19.5 Å². The third-order valence-corrected chi connectivity index (χ3v) is 5.89. The third kappa shape index (κ3) is 8.51. The van der Waals surface area contributed by atoms with Crippen LogP contribution in [0.4, 0.5) is 4.79 Å². The number of carbonyl (C=O) groups excluding carboxylic acids is 2. The van der Waals surface area contributed by atoms with Gasteiger partial charge in [-0.25, -0.2) is 9.78 Å². The van der Waals surface area contributed by atoms with E-state index in [0.717, 1.165) is 24.5 Å². The van der Waals surface area contributed by atoms with Crippen LogP contribution in [0.1, 0.15) is 78.0 Å². The van der Waals surface area contributed by atoms with Crippen LogP contribution in [-0.2, 0) is 25.5 Å². The van der Waals surface area contributed by atoms with Crippen LogP contribution in [-0.4, -0.2) is 45.5 Å². The summed E-state index contributed by atoms with van der Waals surface area (Å²) in [7, 11) is 0. The predicted molar refractivity (Wildman–Crippen MR) is 118 cm³/mol. The number of imidazole rings is 1. The number of amides is 1. The minimum atomic E-state index is -0.987. The number of hydrogen-bond acceptors (Lipinski definition) is 6. The summed E-state index contributed by atoms with van der Waals surface area (Å²) in [5.41, 5.74) is 0.782. The fourth-order valence-electron chi connectivity index (χ4n) is 3.85. The number of nitrogens with one attached hydrogen (secondary N) is 1. The van der Waals surface area contributed by atoms with E-state index in [4.69, 9.17) is 9.47 Å². The highest BCUT2D eigenvalue weighted by Gasteiger charge is 2.23. The summed E-state index contributed by atoms with van der Waals surface area (Å²) in [6, 6.07) is 0.452. The van der Waals surface area contributed by atoms with Crippen LogP contribution in [0.25, 0.3) is 0 Å². The Morgan fingerprint density at radius 3 is 2.50 bits per heavy atom. The van der Waals surface area contributed by atoms with Crippen molar-refractivity contribution in [2.75, 3.05) is 6.54 Å². The maximum atomic E-state index is 11.8. The van der Waals surface area contributed by atoms with Crippen LogP contribution in [0.2, 0.25) is 0 Å². The molecule has 0 spiro atoms. The van der Waals surface area contributed by atoms with Gasteiger partial charge < -0.3 is 24.5 Å². The number of alkyl carbamates (subject to hydrolysis) is 1. The van der Waals surface area contributed by atoms with Crippen molar-refractivity contribution in [2.45, 2.75) is 85.0 Å². The van der Waals surface area contributed by atoms with Gasteiger partial charge in [-0.15, -0.1) is 0 Å². The number of hydrogen-bond donors (Lipinski definition) is 2. The zero-order chi connectivity index (χ0) is 23.7. The van der Waals surface area contributed by atoms with Gasteiger partial charge >= 0.3 is 18.0 Å². The van der Waals surface area contributed by atoms with Gasteiger partial charge in [-0.1, -0.05) is 20.8 Å². The van der Waals surface area contributed by atoms with Crippen molar-refractivity contribution in [1.29, 1.82) is 0 Å². The number of esters is 1. The first-order chi connectivity index (χ1) is 15.2. The van der Waals surface area contributed by atoms with Crippen molar-refractivity contribution in [3.8, 4) is 0 Å². The fourth-order valence-corrected chi connectivity index (χ4v) is 3.85. The van der Waals surface area contributed by atoms with Gasteiger partial charge in [0, 0.05) is 32.1 Å². The van der Waals surface area contributed by atoms with Gasteiger partial charge in [0.25, 0.3) is 0 Å². The molecule has 1 heterocycles. The van der Waals surface area contributed by atoms with E-state index in [2.05, 4.69) is 21.8 Å². The molecule has 32 heavy (non-hydrogen) atoms. The highest BCUT2D eigenvalue weighted by Crippen LogP contribution is 2.31. The van der Waals surface area contributed by atoms with Crippen molar-refractivity contribution in [1.82, 2.24) is 14.9 Å². The van der Waals surface area contributed by atoms with Gasteiger partial charge in [-0.05, 0) is 44.4 Å². The first-order valence-electron chi connectivity index (χ1n) is 11.6. The Hall–Kier alpha value is -2.58. The second-order valence-corrected chi connectivity index (χ2v) is 9.10. The van der Waals surface area contributed by atoms with Crippen molar-refractivity contribution < 1.29 is 29.0 Å². The standard InChI is InChI=1S/C23H37N3O6/c1-15(2)22(29)31-17(4)32-23(30)24-11-5-6-18(21(27)28)12-19-13-26(14-25-19)20-9-7-16(3)8-10-20/h13-18,20H,5-12H2,1-4H3,(H,24,30)(H,27,28). The number of ether oxygens (including phenoxy) is 2. The minimum absolute atomic E-state index is 0.266. The molecule has 2 atom stereocenters. The smallest absolute Gasteiger partial charge is 0.410 e. The molecule has 9 heteroatoms. The topological polar surface area (TPSA) is 120 Å². The van der Waals surface area contributed by atoms with Crippen LogP contribution in [0.15, 0.2) is 12.5 Å². The van der Waals surface area contributed by atoms with Crippen LogP contribution < -0.4 is 5.32 Å². The molecule has 1 amide bonds. The molecule has 1 aromatic heterocycles. The van der Waals surface area contributed by atoms with Gasteiger partial charge in [-0.2, -0.15) is 0 Å². The zero-order valence-corrected chi connectivity index (χ0v) is 19.6. The van der Waals surface area contributed by atoms with E-state index in [1.54, 1.807) is 13.8 Å². The van der Waals surface area contributed by atoms with Crippen molar-refractivity contribution in [3.63, 3.8) is 0 Å². The highest BCUT2D eigenvalue weighted by molar-refractivity contribution is 5.72. The minimum Gasteiger partial charge on any atom is -0.481 e. The molecule has 1 aromatic rings. The summed E-state index contributed by atoms with van der Waals surface area (Å²) in [4.78, 5) is 39.4. The number of nitrogens with zero attached hydrogens (tertiary/aromatic N) is 2. The van der Waals surface area contributed by atoms with E-state index in [1.165, 1.54) is 19.8 Å². The molecule has 2 N–H and O–H groups in total. The van der Waals surface area contributed by atoms with Crippen LogP contribution in [0, 0.1) is 17.8 Å². The maximum Gasteiger partial charge on any atom is 0.410 e. The monoisotopic (exact) mass is 451 g/mol. The first kappa shape index (κ1) is 25.7. The summed E-state index contributed by atoms with van der Waals surface area (Å²) < 4.78 is 12.1. The third-order valence-electron chi connectivity index (χ3n) is 5.89. The normalized spacial score (nSPS) is 20.4. The molecule has 1 fully saturated rings. The number of rotatable bonds is 11. The molecule has 0 aromatic carbocycles. The van der Waals surface area contributed by atoms with E-state index in [0.29, 0.717) is 25.3 Å². The quantitative estimate of drug-likeness (QED) is 0.297. The van der Waals surface area contributed by atoms with E-state index in [-0.39, 0.29) is 12.5 Å². The number of carboxylic acid groups (broad SMARTS) is 1. The van der Waals surface area contributed by atoms with Crippen LogP contribution in [0.3, 0.4) is 0 Å². The Morgan fingerprint density at radius 2 is 1.88 bits per heavy atom. The molecule has 0 aliphatic heterocycles. The van der Waals surface area contributed by atoms with E-state index >= 15 is 0 Å². The SMILES string of the molecule is CC1CCC(n2cnc(CC(CCCNC(=O)OC(C)OC(=O)C(C)C)C(=O)O)c2)CC1. The Labute approximate surface area is 189 Å². The molecule has 0 bridgehead atoms. The summed E-state index contributed by atoms with van der Waals surface area (Å²) in [5.74, 6) is -1.43. The lowest BCUT2D eigenvalue weighted by molar-refractivity contribution is -0.168. The molecular weight excluding hydrogens is 414 g/mol. The van der Waals surface area contributed by atoms with Gasteiger partial charge in [0.1, 0.15) is 0 Å². The Morgan fingerprint density at radius 1 is 1.19 bits per heavy atom. The summed E-state index contributed by atoms with van der Waals surface area (Å²) in [6.45, 7) is 7.39. The maximum absolute atomic E-state index is 11.8. The molecule has 2 rings (SSSR count). The summed E-state index contributed by atoms with van der Waals surface area (Å²) in [5, 5.41) is 12.1. The van der Waals surface area contributed by atoms with Crippen LogP contribution in [0.5, 0.6) is 0 Å². The zero-order valence-electron chi connectivity index (χ0n) is 19.6. The number of carboxylic acids is 1. The van der Waals surface area contributed by atoms with Crippen molar-refractivity contribution in [2.24, 2.45) is 17.8 Å². The molecule has 1 aliphatic rings. The van der Waals surface area contributed by atoms with E-state index in [1.807, 2.05) is 12.5 Å². The molecule has 0 saturated heterocycles.